The van der Waals surface area contributed by atoms with Crippen molar-refractivity contribution in [2.75, 3.05) is 16.0 Å². The molecule has 3 N–H and O–H groups in total. The molecule has 1 aromatic heterocycles. The number of nitrogens with one attached hydrogen (secondary N) is 3. The second kappa shape index (κ2) is 10.6. The van der Waals surface area contributed by atoms with Crippen molar-refractivity contribution in [3.05, 3.63) is 107 Å². The van der Waals surface area contributed by atoms with E-state index >= 15 is 0 Å². The maximum atomic E-state index is 12.2. The van der Waals surface area contributed by atoms with Crippen LogP contribution in [0.2, 0.25) is 5.02 Å². The summed E-state index contributed by atoms with van der Waals surface area (Å²) in [5.41, 5.74) is 4.46. The van der Waals surface area contributed by atoms with Gasteiger partial charge in [-0.25, -0.2) is 9.97 Å². The number of carbonyl (C=O) groups excluding carboxylic acids is 1. The molecule has 0 aliphatic heterocycles. The van der Waals surface area contributed by atoms with E-state index in [2.05, 4.69) is 32.8 Å². The number of aromatic nitrogens is 2. The summed E-state index contributed by atoms with van der Waals surface area (Å²) in [6.07, 6.45) is 3.15. The number of nitrogens with zero attached hydrogens (tertiary/aromatic N) is 2. The van der Waals surface area contributed by atoms with Gasteiger partial charge in [0.1, 0.15) is 17.5 Å². The van der Waals surface area contributed by atoms with Crippen molar-refractivity contribution in [3.63, 3.8) is 0 Å². The van der Waals surface area contributed by atoms with E-state index in [4.69, 9.17) is 11.6 Å². The highest BCUT2D eigenvalue weighted by atomic mass is 35.5. The smallest absolute Gasteiger partial charge is 0.248 e. The standard InChI is InChI=1S/C27H24ClN5O/c1-18-7-10-21(11-8-18)31-25-17-26(30-19(2)29-25)32-22-12-14-23(15-13-22)33-27(34)16-9-20-5-3-4-6-24(20)28/h3-17H,1-2H3,(H,33,34)(H2,29,30,31,32)/b16-9+. The second-order valence-corrected chi connectivity index (χ2v) is 8.13. The van der Waals surface area contributed by atoms with Gasteiger partial charge in [-0.3, -0.25) is 4.79 Å². The zero-order chi connectivity index (χ0) is 23.9. The second-order valence-electron chi connectivity index (χ2n) is 7.72. The number of anilines is 5. The highest BCUT2D eigenvalue weighted by molar-refractivity contribution is 6.32. The van der Waals surface area contributed by atoms with Gasteiger partial charge in [-0.1, -0.05) is 47.5 Å². The number of carbonyl (C=O) groups is 1. The Hall–Kier alpha value is -4.16. The summed E-state index contributed by atoms with van der Waals surface area (Å²) >= 11 is 6.11. The first-order valence-corrected chi connectivity index (χ1v) is 11.1. The van der Waals surface area contributed by atoms with Crippen LogP contribution in [0.3, 0.4) is 0 Å². The van der Waals surface area contributed by atoms with Crippen molar-refractivity contribution in [2.24, 2.45) is 0 Å². The maximum absolute atomic E-state index is 12.2. The molecule has 1 heterocycles. The number of aryl methyl sites for hydroxylation is 2. The van der Waals surface area contributed by atoms with Crippen LogP contribution < -0.4 is 16.0 Å². The fourth-order valence-corrected chi connectivity index (χ4v) is 3.42. The minimum atomic E-state index is -0.237. The van der Waals surface area contributed by atoms with Crippen LogP contribution >= 0.6 is 11.6 Å². The summed E-state index contributed by atoms with van der Waals surface area (Å²) in [7, 11) is 0. The zero-order valence-electron chi connectivity index (χ0n) is 18.8. The maximum Gasteiger partial charge on any atom is 0.248 e. The Balaban J connectivity index is 1.38. The average molecular weight is 470 g/mol. The normalized spacial score (nSPS) is 10.8. The van der Waals surface area contributed by atoms with E-state index in [9.17, 15) is 4.79 Å². The van der Waals surface area contributed by atoms with Crippen LogP contribution in [0.15, 0.2) is 84.9 Å². The lowest BCUT2D eigenvalue weighted by atomic mass is 10.2. The Morgan fingerprint density at radius 2 is 1.35 bits per heavy atom. The van der Waals surface area contributed by atoms with Gasteiger partial charge >= 0.3 is 0 Å². The summed E-state index contributed by atoms with van der Waals surface area (Å²) in [6.45, 7) is 3.90. The van der Waals surface area contributed by atoms with Gasteiger partial charge < -0.3 is 16.0 Å². The van der Waals surface area contributed by atoms with Crippen molar-refractivity contribution in [1.29, 1.82) is 0 Å². The molecule has 3 aromatic carbocycles. The van der Waals surface area contributed by atoms with Crippen LogP contribution in [0.4, 0.5) is 28.7 Å². The van der Waals surface area contributed by atoms with Gasteiger partial charge in [0.05, 0.1) is 0 Å². The van der Waals surface area contributed by atoms with Crippen molar-refractivity contribution in [1.82, 2.24) is 9.97 Å². The van der Waals surface area contributed by atoms with Crippen LogP contribution in [-0.4, -0.2) is 15.9 Å². The van der Waals surface area contributed by atoms with Crippen LogP contribution in [0, 0.1) is 13.8 Å². The first kappa shape index (κ1) is 23.0. The molecule has 170 valence electrons. The van der Waals surface area contributed by atoms with Crippen molar-refractivity contribution in [2.45, 2.75) is 13.8 Å². The van der Waals surface area contributed by atoms with Gasteiger partial charge in [-0.15, -0.1) is 0 Å². The predicted octanol–water partition coefficient (Wildman–Crippen LogP) is 6.89. The van der Waals surface area contributed by atoms with Crippen LogP contribution in [0.1, 0.15) is 17.0 Å². The van der Waals surface area contributed by atoms with E-state index in [-0.39, 0.29) is 5.91 Å². The Labute approximate surface area is 203 Å². The molecule has 6 nitrogen and oxygen atoms in total. The Kier molecular flexibility index (Phi) is 7.20. The number of hydrogen-bond donors (Lipinski definition) is 3. The minimum Gasteiger partial charge on any atom is -0.340 e. The van der Waals surface area contributed by atoms with Crippen LogP contribution in [-0.2, 0) is 4.79 Å². The Bertz CT molecular complexity index is 1320. The molecule has 0 aliphatic carbocycles. The highest BCUT2D eigenvalue weighted by Gasteiger charge is 2.05. The molecule has 0 radical (unpaired) electrons. The molecule has 0 saturated carbocycles. The first-order chi connectivity index (χ1) is 16.4. The molecule has 0 bridgehead atoms. The molecule has 4 rings (SSSR count). The highest BCUT2D eigenvalue weighted by Crippen LogP contribution is 2.22. The molecule has 0 unspecified atom stereocenters. The molecule has 0 fully saturated rings. The summed E-state index contributed by atoms with van der Waals surface area (Å²) in [5, 5.41) is 10.0. The fourth-order valence-electron chi connectivity index (χ4n) is 3.22. The van der Waals surface area contributed by atoms with Gasteiger partial charge in [-0.2, -0.15) is 0 Å². The molecule has 0 atom stereocenters. The number of halogens is 1. The van der Waals surface area contributed by atoms with E-state index in [1.54, 1.807) is 12.1 Å². The summed E-state index contributed by atoms with van der Waals surface area (Å²) < 4.78 is 0. The Morgan fingerprint density at radius 1 is 0.794 bits per heavy atom. The van der Waals surface area contributed by atoms with Gasteiger partial charge in [0.25, 0.3) is 0 Å². The van der Waals surface area contributed by atoms with Gasteiger partial charge in [0, 0.05) is 34.2 Å². The average Bonchev–Trinajstić information content (AvgIpc) is 2.81. The summed E-state index contributed by atoms with van der Waals surface area (Å²) in [6, 6.07) is 24.7. The third kappa shape index (κ3) is 6.43. The van der Waals surface area contributed by atoms with Crippen LogP contribution in [0.25, 0.3) is 6.08 Å². The number of rotatable bonds is 7. The molecule has 7 heteroatoms. The van der Waals surface area contributed by atoms with Gasteiger partial charge in [0.15, 0.2) is 0 Å². The van der Waals surface area contributed by atoms with Gasteiger partial charge in [0.2, 0.25) is 5.91 Å². The van der Waals surface area contributed by atoms with Crippen molar-refractivity contribution in [3.8, 4) is 0 Å². The SMILES string of the molecule is Cc1ccc(Nc2cc(Nc3ccc(NC(=O)/C=C/c4ccccc4Cl)cc3)nc(C)n2)cc1. The zero-order valence-corrected chi connectivity index (χ0v) is 19.6. The number of benzene rings is 3. The molecule has 4 aromatic rings. The topological polar surface area (TPSA) is 78.9 Å². The molecule has 34 heavy (non-hydrogen) atoms. The largest absolute Gasteiger partial charge is 0.340 e. The quantitative estimate of drug-likeness (QED) is 0.257. The molecule has 0 aliphatic rings. The van der Waals surface area contributed by atoms with Crippen LogP contribution in [0.5, 0.6) is 0 Å². The number of amides is 1. The summed E-state index contributed by atoms with van der Waals surface area (Å²) in [4.78, 5) is 21.2. The molecule has 0 saturated heterocycles. The predicted molar refractivity (Wildman–Crippen MR) is 140 cm³/mol. The molecule has 1 amide bonds. The summed E-state index contributed by atoms with van der Waals surface area (Å²) in [5.74, 6) is 1.78. The molecular weight excluding hydrogens is 446 g/mol. The van der Waals surface area contributed by atoms with Crippen molar-refractivity contribution < 1.29 is 4.79 Å². The van der Waals surface area contributed by atoms with Gasteiger partial charge in [-0.05, 0) is 68.0 Å². The van der Waals surface area contributed by atoms with E-state index < -0.39 is 0 Å². The number of hydrogen-bond acceptors (Lipinski definition) is 5. The Morgan fingerprint density at radius 3 is 1.97 bits per heavy atom. The van der Waals surface area contributed by atoms with E-state index in [1.807, 2.05) is 79.7 Å². The third-order valence-electron chi connectivity index (χ3n) is 4.91. The monoisotopic (exact) mass is 469 g/mol. The minimum absolute atomic E-state index is 0.237. The lowest BCUT2D eigenvalue weighted by Crippen LogP contribution is -2.07. The van der Waals surface area contributed by atoms with Crippen molar-refractivity contribution >= 4 is 52.3 Å². The molecular formula is C27H24ClN5O. The van der Waals surface area contributed by atoms with E-state index in [1.165, 1.54) is 11.6 Å². The first-order valence-electron chi connectivity index (χ1n) is 10.7. The fraction of sp³-hybridized carbons (Fsp3) is 0.0741. The van der Waals surface area contributed by atoms with E-state index in [0.29, 0.717) is 28.2 Å². The lowest BCUT2D eigenvalue weighted by molar-refractivity contribution is -0.111. The lowest BCUT2D eigenvalue weighted by Gasteiger charge is -2.11. The molecule has 0 spiro atoms. The third-order valence-corrected chi connectivity index (χ3v) is 5.25. The van der Waals surface area contributed by atoms with E-state index in [0.717, 1.165) is 16.9 Å².